The van der Waals surface area contributed by atoms with Gasteiger partial charge in [0.1, 0.15) is 5.75 Å². The summed E-state index contributed by atoms with van der Waals surface area (Å²) in [5.74, 6) is 2.45. The molecule has 0 bridgehead atoms. The van der Waals surface area contributed by atoms with Crippen LogP contribution in [0.4, 0.5) is 0 Å². The van der Waals surface area contributed by atoms with Gasteiger partial charge in [0.2, 0.25) is 5.75 Å². The number of allylic oxidation sites excluding steroid dienone is 3. The van der Waals surface area contributed by atoms with E-state index in [1.54, 1.807) is 34.5 Å². The van der Waals surface area contributed by atoms with Crippen molar-refractivity contribution in [1.82, 2.24) is 0 Å². The standard InChI is InChI=1S/C22H22O5/c1-24-17-9-8-15-12-16(21(23)18(15)13-17)7-5-6-14-10-19(25-2)22(27-4)20(11-14)26-3/h5-11,13H,12H2,1-4H3/b6-5-,16-7+. The minimum absolute atomic E-state index is 0.0402. The fraction of sp³-hybridized carbons (Fsp3) is 0.227. The molecule has 2 aromatic carbocycles. The lowest BCUT2D eigenvalue weighted by molar-refractivity contribution is 0.103. The largest absolute Gasteiger partial charge is 0.497 e. The van der Waals surface area contributed by atoms with Crippen molar-refractivity contribution in [2.24, 2.45) is 0 Å². The molecule has 5 heteroatoms. The van der Waals surface area contributed by atoms with Crippen molar-refractivity contribution in [3.63, 3.8) is 0 Å². The molecule has 5 nitrogen and oxygen atoms in total. The number of fused-ring (bicyclic) bond motifs is 1. The Hall–Kier alpha value is -3.21. The number of benzene rings is 2. The van der Waals surface area contributed by atoms with Crippen LogP contribution in [0.15, 0.2) is 48.1 Å². The van der Waals surface area contributed by atoms with E-state index >= 15 is 0 Å². The molecule has 1 aliphatic carbocycles. The first-order valence-corrected chi connectivity index (χ1v) is 8.50. The normalized spacial score (nSPS) is 14.5. The molecule has 0 heterocycles. The molecule has 0 N–H and O–H groups in total. The maximum absolute atomic E-state index is 12.6. The van der Waals surface area contributed by atoms with Gasteiger partial charge in [0.15, 0.2) is 17.3 Å². The highest BCUT2D eigenvalue weighted by atomic mass is 16.5. The average molecular weight is 366 g/mol. The second-order valence-corrected chi connectivity index (χ2v) is 6.04. The average Bonchev–Trinajstić information content (AvgIpc) is 3.02. The van der Waals surface area contributed by atoms with Crippen LogP contribution >= 0.6 is 0 Å². The highest BCUT2D eigenvalue weighted by Crippen LogP contribution is 2.38. The molecule has 0 radical (unpaired) electrons. The first kappa shape index (κ1) is 18.6. The van der Waals surface area contributed by atoms with Gasteiger partial charge in [-0.25, -0.2) is 0 Å². The van der Waals surface area contributed by atoms with Gasteiger partial charge in [0, 0.05) is 17.6 Å². The predicted molar refractivity (Wildman–Crippen MR) is 104 cm³/mol. The quantitative estimate of drug-likeness (QED) is 0.721. The number of ether oxygens (including phenoxy) is 4. The van der Waals surface area contributed by atoms with Crippen molar-refractivity contribution in [3.05, 3.63) is 64.7 Å². The van der Waals surface area contributed by atoms with Crippen LogP contribution in [0.1, 0.15) is 21.5 Å². The molecule has 0 spiro atoms. The smallest absolute Gasteiger partial charge is 0.203 e. The second-order valence-electron chi connectivity index (χ2n) is 6.04. The van der Waals surface area contributed by atoms with Crippen molar-refractivity contribution >= 4 is 11.9 Å². The fourth-order valence-corrected chi connectivity index (χ4v) is 3.11. The van der Waals surface area contributed by atoms with Gasteiger partial charge < -0.3 is 18.9 Å². The van der Waals surface area contributed by atoms with E-state index in [2.05, 4.69) is 0 Å². The van der Waals surface area contributed by atoms with Crippen LogP contribution in [0.3, 0.4) is 0 Å². The van der Waals surface area contributed by atoms with Crippen molar-refractivity contribution in [1.29, 1.82) is 0 Å². The van der Waals surface area contributed by atoms with Crippen LogP contribution in [-0.4, -0.2) is 34.2 Å². The third-order valence-electron chi connectivity index (χ3n) is 4.51. The Morgan fingerprint density at radius 2 is 1.59 bits per heavy atom. The van der Waals surface area contributed by atoms with Crippen LogP contribution < -0.4 is 18.9 Å². The number of carbonyl (C=O) groups is 1. The summed E-state index contributed by atoms with van der Waals surface area (Å²) in [6, 6.07) is 9.32. The Balaban J connectivity index is 1.84. The van der Waals surface area contributed by atoms with E-state index in [9.17, 15) is 4.79 Å². The second kappa shape index (κ2) is 7.99. The molecule has 2 aromatic rings. The van der Waals surface area contributed by atoms with Crippen LogP contribution in [-0.2, 0) is 6.42 Å². The fourth-order valence-electron chi connectivity index (χ4n) is 3.11. The number of hydrogen-bond donors (Lipinski definition) is 0. The Bertz CT molecular complexity index is 899. The Kier molecular flexibility index (Phi) is 5.50. The third kappa shape index (κ3) is 3.67. The van der Waals surface area contributed by atoms with Crippen molar-refractivity contribution in [2.45, 2.75) is 6.42 Å². The molecular formula is C22H22O5. The van der Waals surface area contributed by atoms with Crippen molar-refractivity contribution in [2.75, 3.05) is 28.4 Å². The van der Waals surface area contributed by atoms with Gasteiger partial charge in [-0.2, -0.15) is 0 Å². The third-order valence-corrected chi connectivity index (χ3v) is 4.51. The summed E-state index contributed by atoms with van der Waals surface area (Å²) >= 11 is 0. The Morgan fingerprint density at radius 3 is 2.19 bits per heavy atom. The molecule has 0 saturated carbocycles. The van der Waals surface area contributed by atoms with Crippen LogP contribution in [0.2, 0.25) is 0 Å². The van der Waals surface area contributed by atoms with Crippen LogP contribution in [0.25, 0.3) is 6.08 Å². The van der Waals surface area contributed by atoms with Crippen molar-refractivity contribution in [3.8, 4) is 23.0 Å². The number of rotatable bonds is 6. The molecule has 0 unspecified atom stereocenters. The molecule has 3 rings (SSSR count). The maximum Gasteiger partial charge on any atom is 0.203 e. The Morgan fingerprint density at radius 1 is 0.889 bits per heavy atom. The molecule has 27 heavy (non-hydrogen) atoms. The number of methoxy groups -OCH3 is 4. The van der Waals surface area contributed by atoms with Gasteiger partial charge >= 0.3 is 0 Å². The highest BCUT2D eigenvalue weighted by molar-refractivity contribution is 6.13. The first-order chi connectivity index (χ1) is 13.1. The van der Waals surface area contributed by atoms with E-state index in [1.165, 1.54) is 0 Å². The molecule has 0 saturated heterocycles. The molecule has 0 fully saturated rings. The summed E-state index contributed by atoms with van der Waals surface area (Å²) in [5.41, 5.74) is 3.36. The molecule has 0 atom stereocenters. The monoisotopic (exact) mass is 366 g/mol. The van der Waals surface area contributed by atoms with Gasteiger partial charge in [-0.1, -0.05) is 24.3 Å². The number of carbonyl (C=O) groups excluding carboxylic acids is 1. The minimum Gasteiger partial charge on any atom is -0.497 e. The molecule has 0 aliphatic heterocycles. The lowest BCUT2D eigenvalue weighted by Gasteiger charge is -2.12. The molecule has 0 aromatic heterocycles. The first-order valence-electron chi connectivity index (χ1n) is 8.50. The molecular weight excluding hydrogens is 344 g/mol. The maximum atomic E-state index is 12.6. The summed E-state index contributed by atoms with van der Waals surface area (Å²) in [7, 11) is 6.32. The van der Waals surface area contributed by atoms with E-state index in [0.29, 0.717) is 35.0 Å². The lowest BCUT2D eigenvalue weighted by atomic mass is 10.1. The topological polar surface area (TPSA) is 54.0 Å². The van der Waals surface area contributed by atoms with E-state index < -0.39 is 0 Å². The van der Waals surface area contributed by atoms with Gasteiger partial charge in [-0.3, -0.25) is 4.79 Å². The van der Waals surface area contributed by atoms with Gasteiger partial charge in [-0.05, 0) is 35.4 Å². The van der Waals surface area contributed by atoms with E-state index in [4.69, 9.17) is 18.9 Å². The number of ketones is 1. The lowest BCUT2D eigenvalue weighted by Crippen LogP contribution is -1.96. The summed E-state index contributed by atoms with van der Waals surface area (Å²) < 4.78 is 21.3. The molecule has 1 aliphatic rings. The predicted octanol–water partition coefficient (Wildman–Crippen LogP) is 4.10. The van der Waals surface area contributed by atoms with E-state index in [-0.39, 0.29) is 5.78 Å². The zero-order valence-corrected chi connectivity index (χ0v) is 15.9. The Labute approximate surface area is 158 Å². The van der Waals surface area contributed by atoms with Crippen LogP contribution in [0, 0.1) is 0 Å². The number of Topliss-reactive ketones (excluding diaryl/α,β-unsaturated/α-hetero) is 1. The van der Waals surface area contributed by atoms with Gasteiger partial charge in [0.05, 0.1) is 28.4 Å². The minimum atomic E-state index is 0.0402. The highest BCUT2D eigenvalue weighted by Gasteiger charge is 2.24. The summed E-state index contributed by atoms with van der Waals surface area (Å²) in [4.78, 5) is 12.6. The molecule has 140 valence electrons. The van der Waals surface area contributed by atoms with E-state index in [1.807, 2.05) is 42.5 Å². The zero-order valence-electron chi connectivity index (χ0n) is 15.9. The van der Waals surface area contributed by atoms with Crippen LogP contribution in [0.5, 0.6) is 23.0 Å². The van der Waals surface area contributed by atoms with Gasteiger partial charge in [-0.15, -0.1) is 0 Å². The van der Waals surface area contributed by atoms with E-state index in [0.717, 1.165) is 16.7 Å². The zero-order chi connectivity index (χ0) is 19.4. The molecule has 0 amide bonds. The summed E-state index contributed by atoms with van der Waals surface area (Å²) in [5, 5.41) is 0. The number of hydrogen-bond acceptors (Lipinski definition) is 5. The van der Waals surface area contributed by atoms with Gasteiger partial charge in [0.25, 0.3) is 0 Å². The van der Waals surface area contributed by atoms with Crippen molar-refractivity contribution < 1.29 is 23.7 Å². The summed E-state index contributed by atoms with van der Waals surface area (Å²) in [6.07, 6.45) is 6.22. The SMILES string of the molecule is COc1ccc2c(c1)C(=O)/C(=C/C=C\c1cc(OC)c(OC)c(OC)c1)C2. The summed E-state index contributed by atoms with van der Waals surface area (Å²) in [6.45, 7) is 0.